The molecule has 1 heterocycles. The summed E-state index contributed by atoms with van der Waals surface area (Å²) in [5.74, 6) is -0.270. The van der Waals surface area contributed by atoms with Gasteiger partial charge in [-0.2, -0.15) is 0 Å². The highest BCUT2D eigenvalue weighted by molar-refractivity contribution is 6.04. The molecule has 3 aromatic rings. The number of benzene rings is 2. The van der Waals surface area contributed by atoms with Crippen LogP contribution < -0.4 is 16.4 Å². The second kappa shape index (κ2) is 9.53. The predicted octanol–water partition coefficient (Wildman–Crippen LogP) is 3.92. The van der Waals surface area contributed by atoms with Gasteiger partial charge < -0.3 is 16.4 Å². The van der Waals surface area contributed by atoms with Crippen LogP contribution in [0.3, 0.4) is 0 Å². The molecule has 1 aliphatic carbocycles. The maximum Gasteiger partial charge on any atom is 0.255 e. The Morgan fingerprint density at radius 1 is 1.03 bits per heavy atom. The topological polar surface area (TPSA) is 97.1 Å². The molecule has 2 aromatic carbocycles. The maximum atomic E-state index is 12.6. The molecule has 0 radical (unpaired) electrons. The van der Waals surface area contributed by atoms with Gasteiger partial charge in [0.15, 0.2) is 0 Å². The fraction of sp³-hybridized carbons (Fsp3) is 0.240. The molecule has 0 fully saturated rings. The van der Waals surface area contributed by atoms with Crippen molar-refractivity contribution < 1.29 is 9.59 Å². The van der Waals surface area contributed by atoms with E-state index in [1.165, 1.54) is 11.1 Å². The molecule has 1 unspecified atom stereocenters. The Bertz CT molecular complexity index is 1050. The number of anilines is 1. The molecule has 6 nitrogen and oxygen atoms in total. The summed E-state index contributed by atoms with van der Waals surface area (Å²) in [5.41, 5.74) is 10.8. The average molecular weight is 415 g/mol. The van der Waals surface area contributed by atoms with Crippen LogP contribution in [0.5, 0.6) is 0 Å². The summed E-state index contributed by atoms with van der Waals surface area (Å²) < 4.78 is 0. The zero-order valence-corrected chi connectivity index (χ0v) is 17.3. The Morgan fingerprint density at radius 3 is 2.55 bits per heavy atom. The lowest BCUT2D eigenvalue weighted by Gasteiger charge is -2.27. The van der Waals surface area contributed by atoms with E-state index < -0.39 is 6.04 Å². The van der Waals surface area contributed by atoms with Crippen molar-refractivity contribution in [2.45, 2.75) is 37.8 Å². The summed E-state index contributed by atoms with van der Waals surface area (Å²) >= 11 is 0. The Labute approximate surface area is 181 Å². The van der Waals surface area contributed by atoms with Gasteiger partial charge in [-0.25, -0.2) is 0 Å². The smallest absolute Gasteiger partial charge is 0.255 e. The second-order valence-electron chi connectivity index (χ2n) is 7.83. The molecule has 2 atom stereocenters. The lowest BCUT2D eigenvalue weighted by Crippen LogP contribution is -2.33. The minimum absolute atomic E-state index is 0.0453. The van der Waals surface area contributed by atoms with E-state index in [-0.39, 0.29) is 24.3 Å². The molecular weight excluding hydrogens is 388 g/mol. The monoisotopic (exact) mass is 414 g/mol. The van der Waals surface area contributed by atoms with Crippen molar-refractivity contribution >= 4 is 17.5 Å². The van der Waals surface area contributed by atoms with Gasteiger partial charge in [0.25, 0.3) is 5.91 Å². The number of hydrogen-bond donors (Lipinski definition) is 3. The number of aryl methyl sites for hydroxylation is 1. The number of nitrogens with one attached hydrogen (secondary N) is 2. The number of hydrogen-bond acceptors (Lipinski definition) is 4. The third-order valence-electron chi connectivity index (χ3n) is 5.65. The van der Waals surface area contributed by atoms with Gasteiger partial charge in [-0.15, -0.1) is 0 Å². The number of carbonyl (C=O) groups is 2. The molecule has 1 aromatic heterocycles. The molecular formula is C25H26N4O2. The van der Waals surface area contributed by atoms with Crippen molar-refractivity contribution in [3.63, 3.8) is 0 Å². The molecule has 1 aliphatic rings. The minimum atomic E-state index is -0.434. The largest absolute Gasteiger partial charge is 0.349 e. The van der Waals surface area contributed by atoms with Crippen LogP contribution in [0.2, 0.25) is 0 Å². The van der Waals surface area contributed by atoms with E-state index in [2.05, 4.69) is 27.8 Å². The van der Waals surface area contributed by atoms with E-state index in [0.29, 0.717) is 11.3 Å². The van der Waals surface area contributed by atoms with Crippen LogP contribution in [-0.2, 0) is 11.2 Å². The van der Waals surface area contributed by atoms with Crippen molar-refractivity contribution in [3.8, 4) is 0 Å². The lowest BCUT2D eigenvalue weighted by atomic mass is 9.87. The Morgan fingerprint density at radius 2 is 1.77 bits per heavy atom. The van der Waals surface area contributed by atoms with Crippen LogP contribution in [0.1, 0.15) is 58.4 Å². The zero-order chi connectivity index (χ0) is 21.6. The van der Waals surface area contributed by atoms with E-state index in [4.69, 9.17) is 5.73 Å². The van der Waals surface area contributed by atoms with Gasteiger partial charge in [-0.1, -0.05) is 36.4 Å². The third-order valence-corrected chi connectivity index (χ3v) is 5.65. The summed E-state index contributed by atoms with van der Waals surface area (Å²) in [7, 11) is 0. The van der Waals surface area contributed by atoms with Crippen LogP contribution in [0.15, 0.2) is 73.1 Å². The Kier molecular flexibility index (Phi) is 6.38. The predicted molar refractivity (Wildman–Crippen MR) is 120 cm³/mol. The van der Waals surface area contributed by atoms with Gasteiger partial charge >= 0.3 is 0 Å². The van der Waals surface area contributed by atoms with E-state index in [1.54, 1.807) is 48.8 Å². The van der Waals surface area contributed by atoms with E-state index in [1.807, 2.05) is 12.1 Å². The number of aromatic nitrogens is 1. The van der Waals surface area contributed by atoms with Crippen LogP contribution in [0.4, 0.5) is 5.69 Å². The van der Waals surface area contributed by atoms with Gasteiger partial charge in [0.2, 0.25) is 5.91 Å². The fourth-order valence-electron chi connectivity index (χ4n) is 3.99. The van der Waals surface area contributed by atoms with Crippen LogP contribution in [-0.4, -0.2) is 16.8 Å². The molecule has 0 saturated heterocycles. The van der Waals surface area contributed by atoms with Gasteiger partial charge in [0.05, 0.1) is 6.04 Å². The van der Waals surface area contributed by atoms with Gasteiger partial charge in [0.1, 0.15) is 0 Å². The van der Waals surface area contributed by atoms with Crippen molar-refractivity contribution in [3.05, 3.63) is 95.3 Å². The van der Waals surface area contributed by atoms with Gasteiger partial charge in [-0.05, 0) is 60.2 Å². The van der Waals surface area contributed by atoms with Gasteiger partial charge in [0, 0.05) is 36.1 Å². The number of fused-ring (bicyclic) bond motifs is 1. The van der Waals surface area contributed by atoms with E-state index in [9.17, 15) is 9.59 Å². The number of nitrogens with two attached hydrogens (primary N) is 1. The quantitative estimate of drug-likeness (QED) is 0.569. The molecule has 31 heavy (non-hydrogen) atoms. The number of nitrogens with zero attached hydrogens (tertiary/aromatic N) is 1. The number of pyridine rings is 1. The summed E-state index contributed by atoms with van der Waals surface area (Å²) in [4.78, 5) is 28.9. The fourth-order valence-corrected chi connectivity index (χ4v) is 3.99. The summed E-state index contributed by atoms with van der Waals surface area (Å²) in [5, 5.41) is 5.96. The molecule has 0 bridgehead atoms. The highest BCUT2D eigenvalue weighted by Gasteiger charge is 2.22. The first-order valence-electron chi connectivity index (χ1n) is 10.5. The van der Waals surface area contributed by atoms with E-state index in [0.717, 1.165) is 24.8 Å². The number of amides is 2. The first-order chi connectivity index (χ1) is 15.1. The average Bonchev–Trinajstić information content (AvgIpc) is 2.80. The number of rotatable bonds is 6. The second-order valence-corrected chi connectivity index (χ2v) is 7.83. The zero-order valence-electron chi connectivity index (χ0n) is 17.3. The summed E-state index contributed by atoms with van der Waals surface area (Å²) in [6, 6.07) is 18.4. The van der Waals surface area contributed by atoms with Crippen molar-refractivity contribution in [2.75, 3.05) is 5.32 Å². The van der Waals surface area contributed by atoms with E-state index >= 15 is 0 Å². The highest BCUT2D eigenvalue weighted by Crippen LogP contribution is 2.29. The van der Waals surface area contributed by atoms with Crippen molar-refractivity contribution in [1.82, 2.24) is 10.3 Å². The van der Waals surface area contributed by atoms with Crippen molar-refractivity contribution in [2.24, 2.45) is 5.73 Å². The minimum Gasteiger partial charge on any atom is -0.349 e. The molecule has 0 aliphatic heterocycles. The molecule has 158 valence electrons. The molecule has 4 N–H and O–H groups in total. The Balaban J connectivity index is 1.34. The normalized spacial score (nSPS) is 16.1. The highest BCUT2D eigenvalue weighted by atomic mass is 16.2. The van der Waals surface area contributed by atoms with Crippen LogP contribution in [0, 0.1) is 0 Å². The molecule has 2 amide bonds. The van der Waals surface area contributed by atoms with Gasteiger partial charge in [-0.3, -0.25) is 14.6 Å². The summed E-state index contributed by atoms with van der Waals surface area (Å²) in [6.07, 6.45) is 6.50. The molecule has 6 heteroatoms. The standard InChI is InChI=1S/C25H26N4O2/c26-22(16-24(30)29-23-7-3-5-17-4-1-2-6-21(17)23)18-8-10-19(11-9-18)25(31)28-20-12-14-27-15-13-20/h1-2,4,6,8-15,22-23H,3,5,7,16,26H2,(H,29,30)(H,27,28,31)/t22-,23?/m1/s1. The SMILES string of the molecule is N[C@H](CC(=O)NC1CCCc2ccccc21)c1ccc(C(=O)Nc2ccncc2)cc1. The first kappa shape index (κ1) is 20.8. The van der Waals surface area contributed by atoms with Crippen molar-refractivity contribution in [1.29, 1.82) is 0 Å². The number of carbonyl (C=O) groups excluding carboxylic acids is 2. The van der Waals surface area contributed by atoms with Crippen LogP contribution >= 0.6 is 0 Å². The molecule has 0 saturated carbocycles. The molecule has 4 rings (SSSR count). The Hall–Kier alpha value is -3.51. The molecule has 0 spiro atoms. The maximum absolute atomic E-state index is 12.6. The summed E-state index contributed by atoms with van der Waals surface area (Å²) in [6.45, 7) is 0. The van der Waals surface area contributed by atoms with Crippen LogP contribution in [0.25, 0.3) is 0 Å². The third kappa shape index (κ3) is 5.16. The first-order valence-corrected chi connectivity index (χ1v) is 10.5. The lowest BCUT2D eigenvalue weighted by molar-refractivity contribution is -0.122.